The molecule has 0 fully saturated rings. The summed E-state index contributed by atoms with van der Waals surface area (Å²) in [5.74, 6) is 0. The van der Waals surface area contributed by atoms with E-state index in [1.807, 2.05) is 36.4 Å². The fourth-order valence-corrected chi connectivity index (χ4v) is 2.13. The second kappa shape index (κ2) is 4.19. The van der Waals surface area contributed by atoms with E-state index in [4.69, 9.17) is 12.2 Å². The van der Waals surface area contributed by atoms with Gasteiger partial charge in [0.25, 0.3) is 0 Å². The minimum Gasteiger partial charge on any atom is -0.297 e. The quantitative estimate of drug-likeness (QED) is 0.679. The first-order valence-electron chi connectivity index (χ1n) is 5.43. The number of H-pyrrole nitrogens is 1. The molecule has 0 aliphatic heterocycles. The molecule has 5 heteroatoms. The van der Waals surface area contributed by atoms with E-state index in [1.54, 1.807) is 12.3 Å². The van der Waals surface area contributed by atoms with Crippen LogP contribution >= 0.6 is 12.2 Å². The van der Waals surface area contributed by atoms with Crippen molar-refractivity contribution in [2.45, 2.75) is 0 Å². The van der Waals surface area contributed by atoms with Crippen molar-refractivity contribution < 1.29 is 0 Å². The van der Waals surface area contributed by atoms with Crippen LogP contribution in [0.3, 0.4) is 0 Å². The maximum absolute atomic E-state index is 12.1. The lowest BCUT2D eigenvalue weighted by Crippen LogP contribution is -2.22. The maximum atomic E-state index is 12.1. The molecule has 0 aliphatic rings. The first-order chi connectivity index (χ1) is 8.77. The van der Waals surface area contributed by atoms with Crippen molar-refractivity contribution in [2.75, 3.05) is 0 Å². The van der Waals surface area contributed by atoms with Crippen molar-refractivity contribution in [3.05, 3.63) is 63.8 Å². The highest BCUT2D eigenvalue weighted by atomic mass is 32.1. The first-order valence-corrected chi connectivity index (χ1v) is 5.84. The summed E-state index contributed by atoms with van der Waals surface area (Å²) in [6, 6.07) is 13.0. The zero-order chi connectivity index (χ0) is 12.5. The number of pyridine rings is 1. The molecular formula is C13H9N3OS. The molecule has 1 N–H and O–H groups in total. The summed E-state index contributed by atoms with van der Waals surface area (Å²) < 4.78 is 1.93. The van der Waals surface area contributed by atoms with Gasteiger partial charge < -0.3 is 0 Å². The van der Waals surface area contributed by atoms with Crippen LogP contribution in [0.2, 0.25) is 0 Å². The molecule has 0 unspecified atom stereocenters. The molecule has 3 aromatic rings. The van der Waals surface area contributed by atoms with Gasteiger partial charge in [-0.1, -0.05) is 30.4 Å². The van der Waals surface area contributed by atoms with E-state index < -0.39 is 0 Å². The fourth-order valence-electron chi connectivity index (χ4n) is 1.89. The number of benzene rings is 1. The molecule has 2 heterocycles. The number of aromatic amines is 1. The Morgan fingerprint density at radius 2 is 1.89 bits per heavy atom. The Bertz CT molecular complexity index is 821. The Morgan fingerprint density at radius 3 is 2.67 bits per heavy atom. The number of hydrogen-bond acceptors (Lipinski definition) is 3. The molecule has 0 amide bonds. The third kappa shape index (κ3) is 1.65. The van der Waals surface area contributed by atoms with Gasteiger partial charge in [0.2, 0.25) is 0 Å². The molecule has 1 aromatic carbocycles. The van der Waals surface area contributed by atoms with Crippen LogP contribution in [-0.4, -0.2) is 14.5 Å². The zero-order valence-corrected chi connectivity index (χ0v) is 10.1. The van der Waals surface area contributed by atoms with Crippen LogP contribution in [0.4, 0.5) is 0 Å². The molecule has 0 saturated carbocycles. The minimum absolute atomic E-state index is 0.280. The van der Waals surface area contributed by atoms with Crippen molar-refractivity contribution >= 4 is 23.3 Å². The van der Waals surface area contributed by atoms with Crippen molar-refractivity contribution in [1.29, 1.82) is 0 Å². The third-order valence-corrected chi connectivity index (χ3v) is 3.00. The monoisotopic (exact) mass is 255 g/mol. The van der Waals surface area contributed by atoms with Gasteiger partial charge in [0.05, 0.1) is 11.1 Å². The van der Waals surface area contributed by atoms with Gasteiger partial charge >= 0.3 is 5.69 Å². The Hall–Kier alpha value is -2.27. The van der Waals surface area contributed by atoms with Crippen molar-refractivity contribution in [3.8, 4) is 5.69 Å². The molecule has 3 rings (SSSR count). The summed E-state index contributed by atoms with van der Waals surface area (Å²) in [6.45, 7) is 0. The minimum atomic E-state index is -0.280. The van der Waals surface area contributed by atoms with Gasteiger partial charge in [-0.25, -0.2) is 14.3 Å². The lowest BCUT2D eigenvalue weighted by molar-refractivity contribution is 0.936. The lowest BCUT2D eigenvalue weighted by Gasteiger charge is -2.08. The zero-order valence-electron chi connectivity index (χ0n) is 9.33. The molecule has 0 spiro atoms. The number of aromatic nitrogens is 3. The molecule has 0 saturated heterocycles. The van der Waals surface area contributed by atoms with Crippen LogP contribution in [0, 0.1) is 4.64 Å². The summed E-state index contributed by atoms with van der Waals surface area (Å²) in [5.41, 5.74) is 1.05. The van der Waals surface area contributed by atoms with E-state index in [-0.39, 0.29) is 5.69 Å². The number of rotatable bonds is 1. The van der Waals surface area contributed by atoms with E-state index in [1.165, 1.54) is 4.57 Å². The first kappa shape index (κ1) is 10.9. The standard InChI is InChI=1S/C13H9N3OS/c17-13-15-12(18)10-7-4-8-14-11(10)16(13)9-5-2-1-3-6-9/h1-8H,(H,15,17,18). The molecule has 0 aliphatic carbocycles. The Kier molecular flexibility index (Phi) is 2.53. The largest absolute Gasteiger partial charge is 0.332 e. The molecule has 0 bridgehead atoms. The highest BCUT2D eigenvalue weighted by Gasteiger charge is 2.07. The topological polar surface area (TPSA) is 50.7 Å². The summed E-state index contributed by atoms with van der Waals surface area (Å²) in [6.07, 6.45) is 1.65. The van der Waals surface area contributed by atoms with Crippen molar-refractivity contribution in [2.24, 2.45) is 0 Å². The van der Waals surface area contributed by atoms with E-state index in [2.05, 4.69) is 9.97 Å². The van der Waals surface area contributed by atoms with Crippen LogP contribution in [0.5, 0.6) is 0 Å². The molecule has 18 heavy (non-hydrogen) atoms. The summed E-state index contributed by atoms with van der Waals surface area (Å²) in [5, 5.41) is 0.760. The van der Waals surface area contributed by atoms with Crippen LogP contribution in [-0.2, 0) is 0 Å². The van der Waals surface area contributed by atoms with Gasteiger partial charge in [0.15, 0.2) is 5.65 Å². The Balaban J connectivity index is 2.50. The lowest BCUT2D eigenvalue weighted by atomic mass is 10.3. The third-order valence-electron chi connectivity index (χ3n) is 2.68. The Morgan fingerprint density at radius 1 is 1.11 bits per heavy atom. The molecular weight excluding hydrogens is 246 g/mol. The van der Waals surface area contributed by atoms with Gasteiger partial charge in [0, 0.05) is 6.20 Å². The average molecular weight is 255 g/mol. The summed E-state index contributed by atoms with van der Waals surface area (Å²) in [4.78, 5) is 19.0. The van der Waals surface area contributed by atoms with E-state index >= 15 is 0 Å². The van der Waals surface area contributed by atoms with Gasteiger partial charge in [-0.3, -0.25) is 4.98 Å². The van der Waals surface area contributed by atoms with E-state index in [0.717, 1.165) is 11.1 Å². The van der Waals surface area contributed by atoms with Gasteiger partial charge in [-0.15, -0.1) is 0 Å². The summed E-state index contributed by atoms with van der Waals surface area (Å²) >= 11 is 5.14. The highest BCUT2D eigenvalue weighted by molar-refractivity contribution is 7.71. The smallest absolute Gasteiger partial charge is 0.297 e. The fraction of sp³-hybridized carbons (Fsp3) is 0. The van der Waals surface area contributed by atoms with Gasteiger partial charge in [-0.05, 0) is 24.3 Å². The van der Waals surface area contributed by atoms with Gasteiger partial charge in [0.1, 0.15) is 4.64 Å². The molecule has 4 nitrogen and oxygen atoms in total. The predicted octanol–water partition coefficient (Wildman–Crippen LogP) is 2.44. The SMILES string of the molecule is O=c1[nH]c(=S)c2cccnc2n1-c1ccccc1. The molecule has 0 atom stereocenters. The van der Waals surface area contributed by atoms with Crippen LogP contribution < -0.4 is 5.69 Å². The molecule has 88 valence electrons. The predicted molar refractivity (Wildman–Crippen MR) is 72.5 cm³/mol. The number of fused-ring (bicyclic) bond motifs is 1. The Labute approximate surface area is 108 Å². The van der Waals surface area contributed by atoms with Gasteiger partial charge in [-0.2, -0.15) is 0 Å². The van der Waals surface area contributed by atoms with Crippen LogP contribution in [0.15, 0.2) is 53.5 Å². The number of nitrogens with one attached hydrogen (secondary N) is 1. The van der Waals surface area contributed by atoms with Crippen molar-refractivity contribution in [3.63, 3.8) is 0 Å². The summed E-state index contributed by atoms with van der Waals surface area (Å²) in [7, 11) is 0. The number of para-hydroxylation sites is 1. The normalized spacial score (nSPS) is 10.7. The number of hydrogen-bond donors (Lipinski definition) is 1. The number of nitrogens with zero attached hydrogens (tertiary/aromatic N) is 2. The molecule has 2 aromatic heterocycles. The second-order valence-electron chi connectivity index (χ2n) is 3.80. The second-order valence-corrected chi connectivity index (χ2v) is 4.21. The van der Waals surface area contributed by atoms with Crippen molar-refractivity contribution in [1.82, 2.24) is 14.5 Å². The molecule has 0 radical (unpaired) electrons. The average Bonchev–Trinajstić information content (AvgIpc) is 2.40. The van der Waals surface area contributed by atoms with Crippen LogP contribution in [0.25, 0.3) is 16.7 Å². The van der Waals surface area contributed by atoms with E-state index in [0.29, 0.717) is 10.3 Å². The van der Waals surface area contributed by atoms with E-state index in [9.17, 15) is 4.79 Å². The maximum Gasteiger partial charge on any atom is 0.332 e. The highest BCUT2D eigenvalue weighted by Crippen LogP contribution is 2.13. The van der Waals surface area contributed by atoms with Crippen LogP contribution in [0.1, 0.15) is 0 Å².